The van der Waals surface area contributed by atoms with Crippen molar-refractivity contribution in [2.24, 2.45) is 0 Å². The summed E-state index contributed by atoms with van der Waals surface area (Å²) < 4.78 is 2.00. The molecule has 0 saturated carbocycles. The molecule has 1 atom stereocenters. The molecule has 0 aliphatic carbocycles. The first kappa shape index (κ1) is 23.6. The van der Waals surface area contributed by atoms with E-state index in [1.807, 2.05) is 110 Å². The first-order valence-corrected chi connectivity index (χ1v) is 11.8. The number of carbonyl (C=O) groups excluding carboxylic acids is 1. The van der Waals surface area contributed by atoms with Gasteiger partial charge in [0.25, 0.3) is 5.91 Å². The molecule has 3 aromatic carbocycles. The maximum atomic E-state index is 13.7. The molecule has 4 rings (SSSR count). The summed E-state index contributed by atoms with van der Waals surface area (Å²) in [5.41, 5.74) is 5.13. The van der Waals surface area contributed by atoms with Gasteiger partial charge in [-0.25, -0.2) is 4.98 Å². The highest BCUT2D eigenvalue weighted by molar-refractivity contribution is 6.30. The minimum Gasteiger partial charge on any atom is -0.378 e. The third-order valence-corrected chi connectivity index (χ3v) is 6.14. The van der Waals surface area contributed by atoms with Crippen LogP contribution in [0.4, 0.5) is 5.69 Å². The number of benzene rings is 3. The van der Waals surface area contributed by atoms with Crippen LogP contribution in [-0.4, -0.2) is 29.6 Å². The Morgan fingerprint density at radius 3 is 2.32 bits per heavy atom. The van der Waals surface area contributed by atoms with Gasteiger partial charge in [-0.1, -0.05) is 66.2 Å². The number of nitrogens with one attached hydrogen (secondary N) is 1. The lowest BCUT2D eigenvalue weighted by Crippen LogP contribution is -2.29. The largest absolute Gasteiger partial charge is 0.378 e. The molecule has 174 valence electrons. The Hall–Kier alpha value is -3.57. The Balaban J connectivity index is 1.82. The molecule has 0 saturated heterocycles. The number of halogens is 1. The van der Waals surface area contributed by atoms with E-state index < -0.39 is 0 Å². The van der Waals surface area contributed by atoms with Crippen LogP contribution in [0.15, 0.2) is 78.9 Å². The van der Waals surface area contributed by atoms with E-state index in [1.165, 1.54) is 0 Å². The van der Waals surface area contributed by atoms with Gasteiger partial charge in [0.05, 0.1) is 6.04 Å². The van der Waals surface area contributed by atoms with E-state index in [-0.39, 0.29) is 11.9 Å². The molecule has 5 nitrogen and oxygen atoms in total. The van der Waals surface area contributed by atoms with E-state index in [9.17, 15) is 4.79 Å². The van der Waals surface area contributed by atoms with Crippen LogP contribution in [0.2, 0.25) is 5.02 Å². The number of amides is 1. The maximum Gasteiger partial charge on any atom is 0.270 e. The first-order valence-electron chi connectivity index (χ1n) is 11.4. The fourth-order valence-electron chi connectivity index (χ4n) is 4.03. The van der Waals surface area contributed by atoms with Crippen molar-refractivity contribution < 1.29 is 4.79 Å². The second-order valence-electron chi connectivity index (χ2n) is 8.43. The van der Waals surface area contributed by atoms with Crippen molar-refractivity contribution in [3.63, 3.8) is 0 Å². The van der Waals surface area contributed by atoms with Gasteiger partial charge >= 0.3 is 0 Å². The second-order valence-corrected chi connectivity index (χ2v) is 8.87. The average Bonchev–Trinajstić information content (AvgIpc) is 3.25. The molecule has 34 heavy (non-hydrogen) atoms. The van der Waals surface area contributed by atoms with Crippen LogP contribution in [0.3, 0.4) is 0 Å². The molecule has 0 bridgehead atoms. The maximum absolute atomic E-state index is 13.7. The zero-order valence-corrected chi connectivity index (χ0v) is 20.7. The van der Waals surface area contributed by atoms with Gasteiger partial charge in [-0.3, -0.25) is 4.79 Å². The Bertz CT molecular complexity index is 1280. The normalized spacial score (nSPS) is 11.8. The second kappa shape index (κ2) is 10.1. The Morgan fingerprint density at radius 1 is 1.00 bits per heavy atom. The third-order valence-electron chi connectivity index (χ3n) is 5.88. The summed E-state index contributed by atoms with van der Waals surface area (Å²) in [5, 5.41) is 3.83. The molecule has 1 amide bonds. The van der Waals surface area contributed by atoms with Crippen molar-refractivity contribution in [2.75, 3.05) is 19.0 Å². The van der Waals surface area contributed by atoms with E-state index in [0.717, 1.165) is 28.2 Å². The molecule has 6 heteroatoms. The van der Waals surface area contributed by atoms with Crippen molar-refractivity contribution in [3.05, 3.63) is 95.1 Å². The number of imidazole rings is 1. The summed E-state index contributed by atoms with van der Waals surface area (Å²) in [6.07, 6.45) is 0. The van der Waals surface area contributed by atoms with Crippen molar-refractivity contribution >= 4 is 23.2 Å². The van der Waals surface area contributed by atoms with Crippen molar-refractivity contribution in [1.29, 1.82) is 0 Å². The molecular weight excluding hydrogens is 444 g/mol. The fraction of sp³-hybridized carbons (Fsp3) is 0.214. The molecule has 0 fully saturated rings. The lowest BCUT2D eigenvalue weighted by Gasteiger charge is -2.17. The Kier molecular flexibility index (Phi) is 7.03. The standard InChI is InChI=1S/C28H29ClN4O/c1-5-33-26(28(34)30-19(2)20-14-16-23(29)17-15-20)25(22-12-9-13-24(18-22)32(3)4)31-27(33)21-10-7-6-8-11-21/h6-19H,5H2,1-4H3,(H,30,34). The summed E-state index contributed by atoms with van der Waals surface area (Å²) >= 11 is 6.04. The quantitative estimate of drug-likeness (QED) is 0.336. The predicted octanol–water partition coefficient (Wildman–Crippen LogP) is 6.45. The van der Waals surface area contributed by atoms with Gasteiger partial charge in [0.15, 0.2) is 0 Å². The summed E-state index contributed by atoms with van der Waals surface area (Å²) in [7, 11) is 4.00. The van der Waals surface area contributed by atoms with Gasteiger partial charge in [-0.15, -0.1) is 0 Å². The van der Waals surface area contributed by atoms with Crippen molar-refractivity contribution in [1.82, 2.24) is 14.9 Å². The molecule has 0 aliphatic rings. The fourth-order valence-corrected chi connectivity index (χ4v) is 4.16. The van der Waals surface area contributed by atoms with Gasteiger partial charge in [0, 0.05) is 42.5 Å². The number of anilines is 1. The molecule has 1 heterocycles. The molecule has 0 spiro atoms. The highest BCUT2D eigenvalue weighted by Crippen LogP contribution is 2.32. The minimum absolute atomic E-state index is 0.163. The molecule has 4 aromatic rings. The van der Waals surface area contributed by atoms with Gasteiger partial charge in [0.1, 0.15) is 17.2 Å². The molecular formula is C28H29ClN4O. The number of hydrogen-bond acceptors (Lipinski definition) is 3. The number of rotatable bonds is 7. The van der Waals surface area contributed by atoms with E-state index in [4.69, 9.17) is 16.6 Å². The van der Waals surface area contributed by atoms with Gasteiger partial charge in [-0.05, 0) is 43.7 Å². The predicted molar refractivity (Wildman–Crippen MR) is 140 cm³/mol. The molecule has 1 aromatic heterocycles. The van der Waals surface area contributed by atoms with Crippen LogP contribution in [0.5, 0.6) is 0 Å². The topological polar surface area (TPSA) is 50.2 Å². The Labute approximate surface area is 206 Å². The summed E-state index contributed by atoms with van der Waals surface area (Å²) in [4.78, 5) is 20.8. The lowest BCUT2D eigenvalue weighted by molar-refractivity contribution is 0.0931. The van der Waals surface area contributed by atoms with E-state index in [1.54, 1.807) is 0 Å². The minimum atomic E-state index is -0.189. The Morgan fingerprint density at radius 2 is 1.68 bits per heavy atom. The van der Waals surface area contributed by atoms with Gasteiger partial charge < -0.3 is 14.8 Å². The monoisotopic (exact) mass is 472 g/mol. The van der Waals surface area contributed by atoms with Crippen LogP contribution in [0.25, 0.3) is 22.6 Å². The van der Waals surface area contributed by atoms with Crippen LogP contribution in [0.1, 0.15) is 35.9 Å². The van der Waals surface area contributed by atoms with Gasteiger partial charge in [-0.2, -0.15) is 0 Å². The van der Waals surface area contributed by atoms with E-state index in [0.29, 0.717) is 23.0 Å². The molecule has 0 aliphatic heterocycles. The highest BCUT2D eigenvalue weighted by Gasteiger charge is 2.25. The smallest absolute Gasteiger partial charge is 0.270 e. The number of aromatic nitrogens is 2. The zero-order valence-electron chi connectivity index (χ0n) is 19.9. The zero-order chi connectivity index (χ0) is 24.2. The van der Waals surface area contributed by atoms with Crippen LogP contribution >= 0.6 is 11.6 Å². The molecule has 1 unspecified atom stereocenters. The lowest BCUT2D eigenvalue weighted by atomic mass is 10.1. The van der Waals surface area contributed by atoms with Crippen molar-refractivity contribution in [3.8, 4) is 22.6 Å². The highest BCUT2D eigenvalue weighted by atomic mass is 35.5. The number of hydrogen-bond donors (Lipinski definition) is 1. The number of carbonyl (C=O) groups is 1. The average molecular weight is 473 g/mol. The summed E-state index contributed by atoms with van der Waals surface area (Å²) in [6, 6.07) is 25.4. The van der Waals surface area contributed by atoms with Crippen LogP contribution in [0, 0.1) is 0 Å². The molecule has 1 N–H and O–H groups in total. The van der Waals surface area contributed by atoms with Crippen LogP contribution in [-0.2, 0) is 6.54 Å². The number of nitrogens with zero attached hydrogens (tertiary/aromatic N) is 3. The summed E-state index contributed by atoms with van der Waals surface area (Å²) in [5.74, 6) is 0.613. The molecule has 0 radical (unpaired) electrons. The third kappa shape index (κ3) is 4.85. The summed E-state index contributed by atoms with van der Waals surface area (Å²) in [6.45, 7) is 4.62. The van der Waals surface area contributed by atoms with Crippen molar-refractivity contribution in [2.45, 2.75) is 26.4 Å². The van der Waals surface area contributed by atoms with Gasteiger partial charge in [0.2, 0.25) is 0 Å². The van der Waals surface area contributed by atoms with E-state index >= 15 is 0 Å². The first-order chi connectivity index (χ1) is 16.4. The SMILES string of the molecule is CCn1c(-c2ccccc2)nc(-c2cccc(N(C)C)c2)c1C(=O)NC(C)c1ccc(Cl)cc1. The van der Waals surface area contributed by atoms with Crippen LogP contribution < -0.4 is 10.2 Å². The van der Waals surface area contributed by atoms with E-state index in [2.05, 4.69) is 11.4 Å².